The van der Waals surface area contributed by atoms with Crippen molar-refractivity contribution in [3.8, 4) is 0 Å². The quantitative estimate of drug-likeness (QED) is 0.214. The van der Waals surface area contributed by atoms with Crippen LogP contribution in [0.3, 0.4) is 0 Å². The molecule has 0 bridgehead atoms. The van der Waals surface area contributed by atoms with Gasteiger partial charge in [0.25, 0.3) is 5.56 Å². The van der Waals surface area contributed by atoms with Crippen LogP contribution in [0, 0.1) is 0 Å². The van der Waals surface area contributed by atoms with Gasteiger partial charge in [0.1, 0.15) is 6.23 Å². The van der Waals surface area contributed by atoms with E-state index < -0.39 is 33.4 Å². The van der Waals surface area contributed by atoms with Crippen molar-refractivity contribution in [3.63, 3.8) is 0 Å². The molecule has 1 saturated heterocycles. The maximum absolute atomic E-state index is 12.5. The smallest absolute Gasteiger partial charge is 0.332 e. The minimum atomic E-state index is -3.78. The van der Waals surface area contributed by atoms with Gasteiger partial charge in [-0.1, -0.05) is 11.8 Å². The summed E-state index contributed by atoms with van der Waals surface area (Å²) in [7, 11) is -0.986. The fraction of sp³-hybridized carbons (Fsp3) is 0.667. The van der Waals surface area contributed by atoms with Gasteiger partial charge in [-0.05, 0) is 0 Å². The highest BCUT2D eigenvalue weighted by atomic mass is 32.2. The predicted molar refractivity (Wildman–Crippen MR) is 125 cm³/mol. The van der Waals surface area contributed by atoms with E-state index in [2.05, 4.69) is 9.71 Å². The number of morpholine rings is 1. The largest absolute Gasteiger partial charge is 0.379 e. The van der Waals surface area contributed by atoms with E-state index in [1.807, 2.05) is 4.90 Å². The third kappa shape index (κ3) is 6.25. The van der Waals surface area contributed by atoms with E-state index in [1.165, 1.54) is 23.2 Å². The van der Waals surface area contributed by atoms with Crippen LogP contribution in [-0.4, -0.2) is 93.6 Å². The first-order valence-electron chi connectivity index (χ1n) is 10.6. The molecule has 1 aliphatic heterocycles. The monoisotopic (exact) mass is 519 g/mol. The average Bonchev–Trinajstić information content (AvgIpc) is 3.13. The van der Waals surface area contributed by atoms with Crippen LogP contribution < -0.4 is 21.7 Å². The minimum absolute atomic E-state index is 0.0166. The summed E-state index contributed by atoms with van der Waals surface area (Å²) in [5.74, 6) is -0.726. The Morgan fingerprint density at radius 2 is 1.94 bits per heavy atom. The van der Waals surface area contributed by atoms with Gasteiger partial charge in [0.05, 0.1) is 25.5 Å². The summed E-state index contributed by atoms with van der Waals surface area (Å²) in [5, 5.41) is 9.95. The lowest BCUT2D eigenvalue weighted by Crippen LogP contribution is -2.42. The van der Waals surface area contributed by atoms with Crippen LogP contribution in [0.2, 0.25) is 0 Å². The number of nitrogens with zero attached hydrogens (tertiary/aromatic N) is 5. The molecule has 1 amide bonds. The maximum Gasteiger partial charge on any atom is 0.332 e. The number of hydrogen-bond donors (Lipinski definition) is 3. The number of aromatic nitrogens is 4. The molecule has 2 aromatic rings. The SMILES string of the molecule is Cn1c(=O)c2nc(SCCC(=O)NS(=O)(=O)CCN3CCOCC3)n(CC(N)O)c2n(C)c1=O. The van der Waals surface area contributed by atoms with E-state index in [0.29, 0.717) is 32.8 Å². The average molecular weight is 520 g/mol. The van der Waals surface area contributed by atoms with Crippen molar-refractivity contribution in [3.05, 3.63) is 20.8 Å². The van der Waals surface area contributed by atoms with E-state index in [1.54, 1.807) is 0 Å². The van der Waals surface area contributed by atoms with E-state index >= 15 is 0 Å². The van der Waals surface area contributed by atoms with Gasteiger partial charge in [0.15, 0.2) is 16.3 Å². The molecule has 190 valence electrons. The highest BCUT2D eigenvalue weighted by Crippen LogP contribution is 2.22. The van der Waals surface area contributed by atoms with Crippen LogP contribution in [0.25, 0.3) is 11.2 Å². The van der Waals surface area contributed by atoms with Gasteiger partial charge in [-0.25, -0.2) is 18.2 Å². The lowest BCUT2D eigenvalue weighted by atomic mass is 10.4. The maximum atomic E-state index is 12.5. The fourth-order valence-corrected chi connectivity index (χ4v) is 5.51. The van der Waals surface area contributed by atoms with E-state index in [0.717, 1.165) is 16.3 Å². The molecule has 14 nitrogen and oxygen atoms in total. The molecule has 2 aromatic heterocycles. The van der Waals surface area contributed by atoms with Crippen molar-refractivity contribution in [2.45, 2.75) is 24.3 Å². The number of carbonyl (C=O) groups is 1. The van der Waals surface area contributed by atoms with Crippen molar-refractivity contribution in [2.75, 3.05) is 44.4 Å². The van der Waals surface area contributed by atoms with Gasteiger partial charge in [0.2, 0.25) is 15.9 Å². The van der Waals surface area contributed by atoms with Crippen LogP contribution in [0.4, 0.5) is 0 Å². The Hall–Kier alpha value is -2.24. The molecule has 0 aromatic carbocycles. The summed E-state index contributed by atoms with van der Waals surface area (Å²) in [4.78, 5) is 43.2. The first kappa shape index (κ1) is 26.4. The Kier molecular flexibility index (Phi) is 8.53. The Labute approximate surface area is 199 Å². The number of sulfonamides is 1. The summed E-state index contributed by atoms with van der Waals surface area (Å²) in [6, 6.07) is 0. The number of nitrogens with two attached hydrogens (primary N) is 1. The van der Waals surface area contributed by atoms with Crippen LogP contribution >= 0.6 is 11.8 Å². The molecule has 1 aliphatic rings. The van der Waals surface area contributed by atoms with E-state index in [9.17, 15) is 27.9 Å². The number of nitrogens with one attached hydrogen (secondary N) is 1. The molecule has 0 aliphatic carbocycles. The third-order valence-corrected chi connectivity index (χ3v) is 7.52. The Balaban J connectivity index is 1.66. The molecule has 0 radical (unpaired) electrons. The molecular formula is C18H29N7O7S2. The normalized spacial score (nSPS) is 16.1. The standard InChI is InChI=1S/C18H29N7O7S2/c1-22-15-14(16(28)23(2)18(22)29)20-17(25(15)11-12(19)26)33-9-3-13(27)21-34(30,31)10-6-24-4-7-32-8-5-24/h12,26H,3-11,19H2,1-2H3,(H,21,27). The van der Waals surface area contributed by atoms with Gasteiger partial charge >= 0.3 is 5.69 Å². The number of aliphatic hydroxyl groups is 1. The summed E-state index contributed by atoms with van der Waals surface area (Å²) in [5.41, 5.74) is 4.55. The van der Waals surface area contributed by atoms with Gasteiger partial charge in [-0.3, -0.25) is 28.3 Å². The molecule has 16 heteroatoms. The Bertz CT molecular complexity index is 1260. The van der Waals surface area contributed by atoms with Crippen LogP contribution in [0.1, 0.15) is 6.42 Å². The first-order valence-corrected chi connectivity index (χ1v) is 13.2. The molecule has 4 N–H and O–H groups in total. The number of rotatable bonds is 10. The number of amides is 1. The van der Waals surface area contributed by atoms with Gasteiger partial charge in [0, 0.05) is 45.9 Å². The van der Waals surface area contributed by atoms with Crippen LogP contribution in [0.5, 0.6) is 0 Å². The van der Waals surface area contributed by atoms with Gasteiger partial charge in [-0.2, -0.15) is 0 Å². The molecule has 1 atom stereocenters. The molecule has 34 heavy (non-hydrogen) atoms. The summed E-state index contributed by atoms with van der Waals surface area (Å²) >= 11 is 1.08. The zero-order valence-corrected chi connectivity index (χ0v) is 20.6. The van der Waals surface area contributed by atoms with Crippen molar-refractivity contribution in [1.29, 1.82) is 0 Å². The van der Waals surface area contributed by atoms with Crippen LogP contribution in [0.15, 0.2) is 14.7 Å². The number of aliphatic hydroxyl groups excluding tert-OH is 1. The number of carbonyl (C=O) groups excluding carboxylic acids is 1. The van der Waals surface area contributed by atoms with E-state index in [-0.39, 0.29) is 40.8 Å². The summed E-state index contributed by atoms with van der Waals surface area (Å²) in [6.07, 6.45) is -1.41. The fourth-order valence-electron chi connectivity index (χ4n) is 3.52. The molecule has 1 unspecified atom stereocenters. The third-order valence-electron chi connectivity index (χ3n) is 5.28. The second kappa shape index (κ2) is 11.0. The topological polar surface area (TPSA) is 184 Å². The van der Waals surface area contributed by atoms with Crippen LogP contribution in [-0.2, 0) is 40.2 Å². The number of hydrogen-bond acceptors (Lipinski definition) is 11. The molecular weight excluding hydrogens is 490 g/mol. The van der Waals surface area contributed by atoms with Crippen molar-refractivity contribution < 1.29 is 23.1 Å². The van der Waals surface area contributed by atoms with Crippen molar-refractivity contribution >= 4 is 38.9 Å². The Morgan fingerprint density at radius 1 is 1.26 bits per heavy atom. The second-order valence-corrected chi connectivity index (χ2v) is 10.8. The highest BCUT2D eigenvalue weighted by Gasteiger charge is 2.22. The lowest BCUT2D eigenvalue weighted by Gasteiger charge is -2.26. The minimum Gasteiger partial charge on any atom is -0.379 e. The summed E-state index contributed by atoms with van der Waals surface area (Å²) < 4.78 is 35.3. The first-order chi connectivity index (χ1) is 16.0. The zero-order chi connectivity index (χ0) is 25.0. The molecule has 3 rings (SSSR count). The second-order valence-electron chi connectivity index (χ2n) is 7.85. The number of fused-ring (bicyclic) bond motifs is 1. The predicted octanol–water partition coefficient (Wildman–Crippen LogP) is -3.03. The molecule has 0 spiro atoms. The molecule has 1 fully saturated rings. The van der Waals surface area contributed by atoms with Gasteiger partial charge < -0.3 is 20.1 Å². The number of thioether (sulfide) groups is 1. The lowest BCUT2D eigenvalue weighted by molar-refractivity contribution is -0.118. The summed E-state index contributed by atoms with van der Waals surface area (Å²) in [6.45, 7) is 2.56. The number of aryl methyl sites for hydroxylation is 1. The number of ether oxygens (including phenoxy) is 1. The van der Waals surface area contributed by atoms with Gasteiger partial charge in [-0.15, -0.1) is 0 Å². The Morgan fingerprint density at radius 3 is 2.59 bits per heavy atom. The number of imidazole rings is 1. The van der Waals surface area contributed by atoms with E-state index in [4.69, 9.17) is 10.5 Å². The van der Waals surface area contributed by atoms with Crippen molar-refractivity contribution in [1.82, 2.24) is 28.3 Å². The molecule has 3 heterocycles. The highest BCUT2D eigenvalue weighted by molar-refractivity contribution is 7.99. The molecule has 0 saturated carbocycles. The zero-order valence-electron chi connectivity index (χ0n) is 19.0. The van der Waals surface area contributed by atoms with Crippen molar-refractivity contribution in [2.24, 2.45) is 19.8 Å².